The molecular weight excluding hydrogens is 313 g/mol. The molecule has 4 rings (SSSR count). The summed E-state index contributed by atoms with van der Waals surface area (Å²) in [6.07, 6.45) is 1.76. The third kappa shape index (κ3) is 2.52. The summed E-state index contributed by atoms with van der Waals surface area (Å²) in [6.45, 7) is 0. The minimum atomic E-state index is 0. The summed E-state index contributed by atoms with van der Waals surface area (Å²) in [6, 6.07) is 19.7. The SMILES string of the molecule is N#Cc1ccc(-n2c([S-])cc3ncccc32)c2ccccc12.[Na+]. The van der Waals surface area contributed by atoms with E-state index in [9.17, 15) is 5.26 Å². The molecule has 0 amide bonds. The molecule has 104 valence electrons. The van der Waals surface area contributed by atoms with Crippen molar-refractivity contribution >= 4 is 34.4 Å². The quantitative estimate of drug-likeness (QED) is 0.387. The van der Waals surface area contributed by atoms with Crippen molar-refractivity contribution in [1.82, 2.24) is 9.55 Å². The number of nitriles is 1. The van der Waals surface area contributed by atoms with Crippen LogP contribution in [0.15, 0.2) is 65.8 Å². The molecule has 4 aromatic rings. The van der Waals surface area contributed by atoms with Crippen molar-refractivity contribution < 1.29 is 29.6 Å². The molecule has 0 unspecified atom stereocenters. The molecule has 0 saturated carbocycles. The standard InChI is InChI=1S/C18H11N3S.Na/c19-11-12-7-8-16(14-5-2-1-4-13(12)14)21-17-6-3-9-20-15(17)10-18(21)22;/h1-10,22H;/q;+1/p-1. The maximum atomic E-state index is 9.30. The van der Waals surface area contributed by atoms with Crippen LogP contribution in [0.3, 0.4) is 0 Å². The molecule has 3 nitrogen and oxygen atoms in total. The van der Waals surface area contributed by atoms with Gasteiger partial charge in [-0.05, 0) is 30.3 Å². The fourth-order valence-electron chi connectivity index (χ4n) is 2.83. The van der Waals surface area contributed by atoms with E-state index in [0.29, 0.717) is 10.6 Å². The summed E-state index contributed by atoms with van der Waals surface area (Å²) in [5.41, 5.74) is 3.49. The van der Waals surface area contributed by atoms with Crippen LogP contribution in [0.1, 0.15) is 5.56 Å². The van der Waals surface area contributed by atoms with Gasteiger partial charge in [0.05, 0.1) is 28.4 Å². The van der Waals surface area contributed by atoms with Gasteiger partial charge in [0, 0.05) is 17.0 Å². The average molecular weight is 323 g/mol. The van der Waals surface area contributed by atoms with Gasteiger partial charge < -0.3 is 17.2 Å². The summed E-state index contributed by atoms with van der Waals surface area (Å²) >= 11 is 5.52. The van der Waals surface area contributed by atoms with Crippen molar-refractivity contribution in [1.29, 1.82) is 5.26 Å². The Balaban J connectivity index is 0.00000156. The third-order valence-corrected chi connectivity index (χ3v) is 4.10. The third-order valence-electron chi connectivity index (χ3n) is 3.80. The predicted molar refractivity (Wildman–Crippen MR) is 88.9 cm³/mol. The van der Waals surface area contributed by atoms with E-state index in [1.165, 1.54) is 0 Å². The number of pyridine rings is 1. The Bertz CT molecular complexity index is 1060. The Morgan fingerprint density at radius 2 is 1.78 bits per heavy atom. The molecule has 0 aliphatic carbocycles. The van der Waals surface area contributed by atoms with Crippen LogP contribution in [-0.2, 0) is 12.6 Å². The topological polar surface area (TPSA) is 41.6 Å². The van der Waals surface area contributed by atoms with Crippen molar-refractivity contribution in [2.45, 2.75) is 5.03 Å². The minimum absolute atomic E-state index is 0. The molecular formula is C18H10N3NaS. The number of hydrogen-bond donors (Lipinski definition) is 0. The Morgan fingerprint density at radius 3 is 2.57 bits per heavy atom. The van der Waals surface area contributed by atoms with Crippen molar-refractivity contribution in [3.8, 4) is 11.8 Å². The van der Waals surface area contributed by atoms with Crippen molar-refractivity contribution in [3.63, 3.8) is 0 Å². The van der Waals surface area contributed by atoms with E-state index in [0.717, 1.165) is 27.5 Å². The molecule has 0 fully saturated rings. The van der Waals surface area contributed by atoms with Crippen LogP contribution in [0.25, 0.3) is 27.5 Å². The number of fused-ring (bicyclic) bond motifs is 2. The zero-order chi connectivity index (χ0) is 15.1. The van der Waals surface area contributed by atoms with Gasteiger partial charge in [0.1, 0.15) is 0 Å². The summed E-state index contributed by atoms with van der Waals surface area (Å²) < 4.78 is 2.02. The first-order chi connectivity index (χ1) is 10.8. The van der Waals surface area contributed by atoms with Crippen LogP contribution in [0, 0.1) is 11.3 Å². The summed E-state index contributed by atoms with van der Waals surface area (Å²) in [4.78, 5) is 4.36. The van der Waals surface area contributed by atoms with Crippen LogP contribution in [-0.4, -0.2) is 9.55 Å². The number of aromatic nitrogens is 2. The van der Waals surface area contributed by atoms with Crippen molar-refractivity contribution in [2.24, 2.45) is 0 Å². The largest absolute Gasteiger partial charge is 1.00 e. The molecule has 0 radical (unpaired) electrons. The van der Waals surface area contributed by atoms with E-state index in [-0.39, 0.29) is 29.6 Å². The maximum Gasteiger partial charge on any atom is 1.00 e. The molecule has 0 bridgehead atoms. The molecule has 2 aromatic heterocycles. The zero-order valence-corrected chi connectivity index (χ0v) is 15.3. The average Bonchev–Trinajstić information content (AvgIpc) is 2.89. The smallest absolute Gasteiger partial charge is 0.762 e. The Kier molecular flexibility index (Phi) is 4.38. The van der Waals surface area contributed by atoms with Gasteiger partial charge in [-0.3, -0.25) is 4.98 Å². The molecule has 2 heterocycles. The van der Waals surface area contributed by atoms with Crippen LogP contribution >= 0.6 is 0 Å². The Hall–Kier alpha value is -1.90. The number of benzene rings is 2. The Labute approximate surface area is 161 Å². The van der Waals surface area contributed by atoms with Gasteiger partial charge in [0.15, 0.2) is 0 Å². The van der Waals surface area contributed by atoms with Gasteiger partial charge in [-0.2, -0.15) is 5.26 Å². The fraction of sp³-hybridized carbons (Fsp3) is 0. The monoisotopic (exact) mass is 323 g/mol. The molecule has 0 aliphatic heterocycles. The van der Waals surface area contributed by atoms with E-state index in [1.54, 1.807) is 6.20 Å². The van der Waals surface area contributed by atoms with Gasteiger partial charge in [-0.1, -0.05) is 29.3 Å². The summed E-state index contributed by atoms with van der Waals surface area (Å²) in [5, 5.41) is 11.9. The molecule has 0 saturated heterocycles. The number of nitrogens with zero attached hydrogens (tertiary/aromatic N) is 3. The fourth-order valence-corrected chi connectivity index (χ4v) is 3.14. The van der Waals surface area contributed by atoms with Crippen LogP contribution in [0.5, 0.6) is 0 Å². The van der Waals surface area contributed by atoms with Crippen LogP contribution in [0.4, 0.5) is 0 Å². The zero-order valence-electron chi connectivity index (χ0n) is 12.5. The van der Waals surface area contributed by atoms with Crippen molar-refractivity contribution in [2.75, 3.05) is 0 Å². The first kappa shape index (κ1) is 16.0. The van der Waals surface area contributed by atoms with E-state index < -0.39 is 0 Å². The summed E-state index contributed by atoms with van der Waals surface area (Å²) in [7, 11) is 0. The van der Waals surface area contributed by atoms with E-state index in [4.69, 9.17) is 12.6 Å². The second kappa shape index (κ2) is 6.31. The molecule has 5 heteroatoms. The van der Waals surface area contributed by atoms with Gasteiger partial charge in [-0.15, -0.1) is 0 Å². The van der Waals surface area contributed by atoms with E-state index >= 15 is 0 Å². The minimum Gasteiger partial charge on any atom is -0.762 e. The summed E-state index contributed by atoms with van der Waals surface area (Å²) in [5.74, 6) is 0. The van der Waals surface area contributed by atoms with Gasteiger partial charge >= 0.3 is 29.6 Å². The first-order valence-corrected chi connectivity index (χ1v) is 7.26. The van der Waals surface area contributed by atoms with Gasteiger partial charge in [-0.25, -0.2) is 0 Å². The predicted octanol–water partition coefficient (Wildman–Crippen LogP) is 0.960. The van der Waals surface area contributed by atoms with E-state index in [2.05, 4.69) is 11.1 Å². The number of rotatable bonds is 1. The molecule has 0 spiro atoms. The van der Waals surface area contributed by atoms with Crippen molar-refractivity contribution in [3.05, 3.63) is 66.4 Å². The number of hydrogen-bond acceptors (Lipinski definition) is 3. The Morgan fingerprint density at radius 1 is 1.00 bits per heavy atom. The van der Waals surface area contributed by atoms with Crippen LogP contribution < -0.4 is 29.6 Å². The second-order valence-electron chi connectivity index (χ2n) is 5.02. The van der Waals surface area contributed by atoms with Gasteiger partial charge in [0.25, 0.3) is 0 Å². The van der Waals surface area contributed by atoms with Gasteiger partial charge in [0.2, 0.25) is 0 Å². The molecule has 0 aliphatic rings. The molecule has 0 atom stereocenters. The normalized spacial score (nSPS) is 10.4. The molecule has 2 aromatic carbocycles. The first-order valence-electron chi connectivity index (χ1n) is 6.85. The van der Waals surface area contributed by atoms with E-state index in [1.807, 2.05) is 59.2 Å². The maximum absolute atomic E-state index is 9.30. The van der Waals surface area contributed by atoms with Crippen LogP contribution in [0.2, 0.25) is 0 Å². The second-order valence-corrected chi connectivity index (χ2v) is 5.43. The molecule has 23 heavy (non-hydrogen) atoms. The molecule has 0 N–H and O–H groups in total.